The highest BCUT2D eigenvalue weighted by Gasteiger charge is 2.46. The van der Waals surface area contributed by atoms with Gasteiger partial charge in [-0.05, 0) is 49.7 Å². The van der Waals surface area contributed by atoms with Crippen molar-refractivity contribution < 1.29 is 0 Å². The lowest BCUT2D eigenvalue weighted by Gasteiger charge is -2.52. The molecule has 0 aliphatic heterocycles. The summed E-state index contributed by atoms with van der Waals surface area (Å²) >= 11 is 0. The average Bonchev–Trinajstić information content (AvgIpc) is 2.41. The van der Waals surface area contributed by atoms with Crippen LogP contribution in [0.5, 0.6) is 0 Å². The molecule has 2 heteroatoms. The molecule has 0 amide bonds. The third-order valence-electron chi connectivity index (χ3n) is 5.15. The van der Waals surface area contributed by atoms with E-state index in [4.69, 9.17) is 0 Å². The molecule has 0 saturated heterocycles. The molecule has 2 aliphatic rings. The van der Waals surface area contributed by atoms with E-state index in [1.54, 1.807) is 0 Å². The minimum Gasteiger partial charge on any atom is -0.308 e. The normalized spacial score (nSPS) is 25.9. The van der Waals surface area contributed by atoms with Gasteiger partial charge in [0.25, 0.3) is 0 Å². The van der Waals surface area contributed by atoms with Crippen LogP contribution in [0.15, 0.2) is 18.3 Å². The fourth-order valence-electron chi connectivity index (χ4n) is 3.79. The van der Waals surface area contributed by atoms with E-state index in [0.29, 0.717) is 5.41 Å². The van der Waals surface area contributed by atoms with E-state index in [1.807, 2.05) is 12.3 Å². The highest BCUT2D eigenvalue weighted by atomic mass is 15.0. The topological polar surface area (TPSA) is 24.9 Å². The lowest BCUT2D eigenvalue weighted by atomic mass is 9.57. The number of rotatable bonds is 3. The van der Waals surface area contributed by atoms with Crippen molar-refractivity contribution in [1.29, 1.82) is 0 Å². The molecule has 18 heavy (non-hydrogen) atoms. The summed E-state index contributed by atoms with van der Waals surface area (Å²) in [4.78, 5) is 4.48. The molecule has 0 radical (unpaired) electrons. The minimum atomic E-state index is 0.654. The van der Waals surface area contributed by atoms with Crippen molar-refractivity contribution in [3.8, 4) is 0 Å². The van der Waals surface area contributed by atoms with Crippen LogP contribution in [0.4, 0.5) is 0 Å². The molecule has 0 bridgehead atoms. The summed E-state index contributed by atoms with van der Waals surface area (Å²) in [6.45, 7) is 3.10. The van der Waals surface area contributed by atoms with E-state index in [2.05, 4.69) is 23.3 Å². The molecule has 2 saturated carbocycles. The molecular weight excluding hydrogens is 220 g/mol. The van der Waals surface area contributed by atoms with Crippen molar-refractivity contribution in [1.82, 2.24) is 10.3 Å². The van der Waals surface area contributed by atoms with E-state index >= 15 is 0 Å². The number of hydrogen-bond donors (Lipinski definition) is 1. The van der Waals surface area contributed by atoms with E-state index in [9.17, 15) is 0 Å². The molecule has 1 N–H and O–H groups in total. The van der Waals surface area contributed by atoms with Crippen molar-refractivity contribution in [3.63, 3.8) is 0 Å². The van der Waals surface area contributed by atoms with E-state index in [-0.39, 0.29) is 0 Å². The van der Waals surface area contributed by atoms with E-state index in [1.165, 1.54) is 56.2 Å². The molecule has 0 aromatic carbocycles. The maximum atomic E-state index is 4.48. The Hall–Kier alpha value is -0.890. The maximum Gasteiger partial charge on any atom is 0.0570 e. The number of pyridine rings is 1. The van der Waals surface area contributed by atoms with Crippen LogP contribution in [0.25, 0.3) is 0 Å². The average molecular weight is 244 g/mol. The molecule has 1 atom stereocenters. The van der Waals surface area contributed by atoms with Gasteiger partial charge in [0.1, 0.15) is 0 Å². The van der Waals surface area contributed by atoms with Crippen LogP contribution in [0.3, 0.4) is 0 Å². The second-order valence-corrected chi connectivity index (χ2v) is 6.16. The number of aryl methyl sites for hydroxylation is 1. The molecule has 1 aromatic rings. The Labute approximate surface area is 110 Å². The van der Waals surface area contributed by atoms with Gasteiger partial charge in [-0.3, -0.25) is 4.98 Å². The summed E-state index contributed by atoms with van der Waals surface area (Å²) in [5.74, 6) is 0. The zero-order chi connectivity index (χ0) is 12.4. The first-order valence-electron chi connectivity index (χ1n) is 7.44. The van der Waals surface area contributed by atoms with E-state index in [0.717, 1.165) is 12.6 Å². The lowest BCUT2D eigenvalue weighted by Crippen LogP contribution is -2.54. The Morgan fingerprint density at radius 1 is 1.28 bits per heavy atom. The van der Waals surface area contributed by atoms with Gasteiger partial charge in [-0.2, -0.15) is 0 Å². The maximum absolute atomic E-state index is 4.48. The van der Waals surface area contributed by atoms with Crippen molar-refractivity contribution >= 4 is 0 Å². The van der Waals surface area contributed by atoms with E-state index < -0.39 is 0 Å². The van der Waals surface area contributed by atoms with Crippen molar-refractivity contribution in [2.45, 2.75) is 64.5 Å². The van der Waals surface area contributed by atoms with Gasteiger partial charge in [-0.15, -0.1) is 0 Å². The fourth-order valence-corrected chi connectivity index (χ4v) is 3.79. The Balaban J connectivity index is 1.59. The Morgan fingerprint density at radius 2 is 2.11 bits per heavy atom. The first-order chi connectivity index (χ1) is 8.80. The van der Waals surface area contributed by atoms with Crippen LogP contribution < -0.4 is 5.32 Å². The van der Waals surface area contributed by atoms with Crippen molar-refractivity contribution in [2.75, 3.05) is 0 Å². The van der Waals surface area contributed by atoms with Crippen LogP contribution in [0.1, 0.15) is 56.2 Å². The summed E-state index contributed by atoms with van der Waals surface area (Å²) < 4.78 is 0. The molecule has 98 valence electrons. The first kappa shape index (κ1) is 12.2. The second-order valence-electron chi connectivity index (χ2n) is 6.16. The molecule has 1 spiro atoms. The van der Waals surface area contributed by atoms with Crippen molar-refractivity contribution in [3.05, 3.63) is 29.6 Å². The van der Waals surface area contributed by atoms with Crippen LogP contribution in [-0.2, 0) is 6.54 Å². The minimum absolute atomic E-state index is 0.654. The smallest absolute Gasteiger partial charge is 0.0570 e. The summed E-state index contributed by atoms with van der Waals surface area (Å²) in [5, 5.41) is 3.77. The summed E-state index contributed by atoms with van der Waals surface area (Å²) in [6.07, 6.45) is 12.0. The second kappa shape index (κ2) is 5.00. The number of nitrogens with one attached hydrogen (secondary N) is 1. The number of aromatic nitrogens is 1. The van der Waals surface area contributed by atoms with Gasteiger partial charge in [0, 0.05) is 18.8 Å². The fraction of sp³-hybridized carbons (Fsp3) is 0.688. The zero-order valence-electron chi connectivity index (χ0n) is 11.4. The predicted molar refractivity (Wildman–Crippen MR) is 74.4 cm³/mol. The van der Waals surface area contributed by atoms with Gasteiger partial charge in [0.05, 0.1) is 5.69 Å². The Morgan fingerprint density at radius 3 is 2.78 bits per heavy atom. The third-order valence-corrected chi connectivity index (χ3v) is 5.15. The first-order valence-corrected chi connectivity index (χ1v) is 7.44. The molecule has 2 nitrogen and oxygen atoms in total. The lowest BCUT2D eigenvalue weighted by molar-refractivity contribution is 0.0219. The zero-order valence-corrected chi connectivity index (χ0v) is 11.4. The standard InChI is InChI=1S/C16H24N2/c1-13-6-5-11-17-14(13)12-18-15-7-10-16(15)8-3-2-4-9-16/h5-6,11,15,18H,2-4,7-10,12H2,1H3. The number of hydrogen-bond acceptors (Lipinski definition) is 2. The Bertz CT molecular complexity index is 407. The summed E-state index contributed by atoms with van der Waals surface area (Å²) in [7, 11) is 0. The third kappa shape index (κ3) is 2.18. The van der Waals surface area contributed by atoms with Gasteiger partial charge in [-0.25, -0.2) is 0 Å². The monoisotopic (exact) mass is 244 g/mol. The largest absolute Gasteiger partial charge is 0.308 e. The molecule has 3 rings (SSSR count). The quantitative estimate of drug-likeness (QED) is 0.879. The highest BCUT2D eigenvalue weighted by molar-refractivity contribution is 5.17. The van der Waals surface area contributed by atoms with Gasteiger partial charge in [0.15, 0.2) is 0 Å². The van der Waals surface area contributed by atoms with Gasteiger partial charge < -0.3 is 5.32 Å². The highest BCUT2D eigenvalue weighted by Crippen LogP contribution is 2.51. The van der Waals surface area contributed by atoms with Crippen LogP contribution in [0, 0.1) is 12.3 Å². The SMILES string of the molecule is Cc1cccnc1CNC1CCC12CCCCC2. The number of nitrogens with zero attached hydrogens (tertiary/aromatic N) is 1. The van der Waals surface area contributed by atoms with Gasteiger partial charge >= 0.3 is 0 Å². The van der Waals surface area contributed by atoms with Crippen molar-refractivity contribution in [2.24, 2.45) is 5.41 Å². The molecule has 1 heterocycles. The van der Waals surface area contributed by atoms with Crippen LogP contribution >= 0.6 is 0 Å². The van der Waals surface area contributed by atoms with Gasteiger partial charge in [0.2, 0.25) is 0 Å². The summed E-state index contributed by atoms with van der Waals surface area (Å²) in [5.41, 5.74) is 3.18. The van der Waals surface area contributed by atoms with Crippen LogP contribution in [-0.4, -0.2) is 11.0 Å². The predicted octanol–water partition coefficient (Wildman–Crippen LogP) is 3.59. The Kier molecular flexibility index (Phi) is 3.38. The van der Waals surface area contributed by atoms with Gasteiger partial charge in [-0.1, -0.05) is 25.3 Å². The van der Waals surface area contributed by atoms with Crippen LogP contribution in [0.2, 0.25) is 0 Å². The molecular formula is C16H24N2. The molecule has 1 aromatic heterocycles. The molecule has 2 aliphatic carbocycles. The molecule has 1 unspecified atom stereocenters. The summed E-state index contributed by atoms with van der Waals surface area (Å²) in [6, 6.07) is 4.92. The molecule has 2 fully saturated rings.